The van der Waals surface area contributed by atoms with Crippen LogP contribution in [-0.2, 0) is 6.54 Å². The average molecular weight is 477 g/mol. The van der Waals surface area contributed by atoms with Crippen LogP contribution >= 0.6 is 11.8 Å². The Morgan fingerprint density at radius 2 is 2.00 bits per heavy atom. The van der Waals surface area contributed by atoms with Crippen molar-refractivity contribution < 1.29 is 9.59 Å². The van der Waals surface area contributed by atoms with E-state index in [1.165, 1.54) is 11.1 Å². The molecule has 0 radical (unpaired) electrons. The number of anilines is 1. The summed E-state index contributed by atoms with van der Waals surface area (Å²) in [6, 6.07) is 15.2. The van der Waals surface area contributed by atoms with Gasteiger partial charge in [-0.15, -0.1) is 11.8 Å². The molecule has 176 valence electrons. The van der Waals surface area contributed by atoms with Gasteiger partial charge in [0, 0.05) is 35.2 Å². The van der Waals surface area contributed by atoms with E-state index in [0.29, 0.717) is 23.4 Å². The lowest BCUT2D eigenvalue weighted by Crippen LogP contribution is -2.46. The topological polar surface area (TPSA) is 122 Å². The Morgan fingerprint density at radius 1 is 1.18 bits per heavy atom. The third-order valence-corrected chi connectivity index (χ3v) is 6.42. The average Bonchev–Trinajstić information content (AvgIpc) is 2.88. The Bertz CT molecular complexity index is 1160. The quantitative estimate of drug-likeness (QED) is 0.387. The zero-order valence-electron chi connectivity index (χ0n) is 19.0. The second-order valence-electron chi connectivity index (χ2n) is 8.12. The Morgan fingerprint density at radius 3 is 2.74 bits per heavy atom. The lowest BCUT2D eigenvalue weighted by Gasteiger charge is -2.23. The summed E-state index contributed by atoms with van der Waals surface area (Å²) in [5, 5.41) is 9.18. The minimum Gasteiger partial charge on any atom is -0.382 e. The van der Waals surface area contributed by atoms with E-state index >= 15 is 0 Å². The second-order valence-corrected chi connectivity index (χ2v) is 9.00. The van der Waals surface area contributed by atoms with Gasteiger partial charge in [-0.2, -0.15) is 0 Å². The van der Waals surface area contributed by atoms with Crippen LogP contribution in [0, 0.1) is 0 Å². The maximum absolute atomic E-state index is 12.8. The van der Waals surface area contributed by atoms with Gasteiger partial charge in [-0.25, -0.2) is 9.97 Å². The molecule has 2 aromatic carbocycles. The molecular weight excluding hydrogens is 448 g/mol. The summed E-state index contributed by atoms with van der Waals surface area (Å²) in [5.41, 5.74) is 8.71. The lowest BCUT2D eigenvalue weighted by molar-refractivity contribution is 0.0923. The van der Waals surface area contributed by atoms with Gasteiger partial charge in [0.15, 0.2) is 11.5 Å². The monoisotopic (exact) mass is 476 g/mol. The smallest absolute Gasteiger partial charge is 0.274 e. The van der Waals surface area contributed by atoms with E-state index in [0.717, 1.165) is 31.5 Å². The molecule has 34 heavy (non-hydrogen) atoms. The van der Waals surface area contributed by atoms with Crippen molar-refractivity contribution in [3.8, 4) is 11.3 Å². The van der Waals surface area contributed by atoms with E-state index in [-0.39, 0.29) is 29.4 Å². The van der Waals surface area contributed by atoms with Crippen molar-refractivity contribution in [3.05, 3.63) is 71.5 Å². The first-order chi connectivity index (χ1) is 16.5. The van der Waals surface area contributed by atoms with Crippen LogP contribution in [0.15, 0.2) is 59.6 Å². The molecule has 0 spiro atoms. The number of amides is 2. The van der Waals surface area contributed by atoms with Crippen molar-refractivity contribution in [2.24, 2.45) is 0 Å². The summed E-state index contributed by atoms with van der Waals surface area (Å²) >= 11 is 1.68. The SMILES string of the molecule is CSc1ccc(CNC(=O)c2cccc(-c3cnc(N)c(C(=O)N[C@H]4CCCNC4)n3)c2)cc1. The molecule has 2 heterocycles. The molecule has 4 rings (SSSR count). The van der Waals surface area contributed by atoms with E-state index in [9.17, 15) is 9.59 Å². The van der Waals surface area contributed by atoms with Crippen LogP contribution in [0.25, 0.3) is 11.3 Å². The van der Waals surface area contributed by atoms with E-state index in [2.05, 4.69) is 25.9 Å². The maximum Gasteiger partial charge on any atom is 0.274 e. The number of hydrogen-bond donors (Lipinski definition) is 4. The first-order valence-electron chi connectivity index (χ1n) is 11.2. The van der Waals surface area contributed by atoms with Crippen LogP contribution in [0.3, 0.4) is 0 Å². The summed E-state index contributed by atoms with van der Waals surface area (Å²) < 4.78 is 0. The van der Waals surface area contributed by atoms with Crippen molar-refractivity contribution in [1.29, 1.82) is 0 Å². The molecule has 5 N–H and O–H groups in total. The highest BCUT2D eigenvalue weighted by Gasteiger charge is 2.20. The molecule has 1 saturated heterocycles. The number of carbonyl (C=O) groups is 2. The molecule has 0 bridgehead atoms. The van der Waals surface area contributed by atoms with Gasteiger partial charge >= 0.3 is 0 Å². The van der Waals surface area contributed by atoms with E-state index in [4.69, 9.17) is 5.73 Å². The molecule has 8 nitrogen and oxygen atoms in total. The molecule has 0 unspecified atom stereocenters. The van der Waals surface area contributed by atoms with E-state index < -0.39 is 0 Å². The van der Waals surface area contributed by atoms with Crippen molar-refractivity contribution >= 4 is 29.4 Å². The number of piperidine rings is 1. The molecule has 1 aliphatic rings. The Labute approximate surface area is 203 Å². The maximum atomic E-state index is 12.8. The fourth-order valence-corrected chi connectivity index (χ4v) is 4.19. The van der Waals surface area contributed by atoms with Gasteiger partial charge in [-0.3, -0.25) is 9.59 Å². The van der Waals surface area contributed by atoms with Crippen molar-refractivity contribution in [3.63, 3.8) is 0 Å². The minimum absolute atomic E-state index is 0.0371. The molecule has 2 amide bonds. The van der Waals surface area contributed by atoms with Crippen LogP contribution in [0.2, 0.25) is 0 Å². The number of hydrogen-bond acceptors (Lipinski definition) is 7. The Kier molecular flexibility index (Phi) is 7.76. The summed E-state index contributed by atoms with van der Waals surface area (Å²) in [4.78, 5) is 35.3. The highest BCUT2D eigenvalue weighted by molar-refractivity contribution is 7.98. The molecule has 1 aromatic heterocycles. The molecular formula is C25H28N6O2S. The fraction of sp³-hybridized carbons (Fsp3) is 0.280. The third kappa shape index (κ3) is 5.92. The largest absolute Gasteiger partial charge is 0.382 e. The first kappa shape index (κ1) is 23.7. The third-order valence-electron chi connectivity index (χ3n) is 5.68. The predicted molar refractivity (Wildman–Crippen MR) is 135 cm³/mol. The van der Waals surface area contributed by atoms with Gasteiger partial charge in [0.05, 0.1) is 11.9 Å². The summed E-state index contributed by atoms with van der Waals surface area (Å²) in [5.74, 6) is -0.463. The van der Waals surface area contributed by atoms with Crippen molar-refractivity contribution in [2.75, 3.05) is 25.1 Å². The number of nitrogens with one attached hydrogen (secondary N) is 3. The van der Waals surface area contributed by atoms with Crippen LogP contribution in [0.1, 0.15) is 39.3 Å². The molecule has 9 heteroatoms. The molecule has 0 aliphatic carbocycles. The zero-order valence-corrected chi connectivity index (χ0v) is 19.8. The fourth-order valence-electron chi connectivity index (χ4n) is 3.78. The van der Waals surface area contributed by atoms with Crippen LogP contribution < -0.4 is 21.7 Å². The van der Waals surface area contributed by atoms with Gasteiger partial charge in [0.1, 0.15) is 0 Å². The minimum atomic E-state index is -0.345. The Balaban J connectivity index is 1.46. The second kappa shape index (κ2) is 11.1. The predicted octanol–water partition coefficient (Wildman–Crippen LogP) is 2.86. The lowest BCUT2D eigenvalue weighted by atomic mass is 10.1. The molecule has 1 fully saturated rings. The summed E-state index contributed by atoms with van der Waals surface area (Å²) in [6.07, 6.45) is 5.45. The number of carbonyl (C=O) groups excluding carboxylic acids is 2. The molecule has 1 aliphatic heterocycles. The van der Waals surface area contributed by atoms with Gasteiger partial charge in [0.25, 0.3) is 11.8 Å². The number of aromatic nitrogens is 2. The highest BCUT2D eigenvalue weighted by atomic mass is 32.2. The van der Waals surface area contributed by atoms with Gasteiger partial charge in [0.2, 0.25) is 0 Å². The molecule has 3 aromatic rings. The number of benzene rings is 2. The van der Waals surface area contributed by atoms with E-state index in [1.807, 2.05) is 36.6 Å². The molecule has 0 saturated carbocycles. The van der Waals surface area contributed by atoms with Gasteiger partial charge in [-0.05, 0) is 55.5 Å². The van der Waals surface area contributed by atoms with Gasteiger partial charge in [-0.1, -0.05) is 24.3 Å². The zero-order chi connectivity index (χ0) is 23.9. The van der Waals surface area contributed by atoms with Crippen molar-refractivity contribution in [1.82, 2.24) is 25.9 Å². The number of rotatable bonds is 7. The normalized spacial score (nSPS) is 15.5. The van der Waals surface area contributed by atoms with Crippen LogP contribution in [0.5, 0.6) is 0 Å². The van der Waals surface area contributed by atoms with Crippen molar-refractivity contribution in [2.45, 2.75) is 30.3 Å². The number of nitrogens with two attached hydrogens (primary N) is 1. The highest BCUT2D eigenvalue weighted by Crippen LogP contribution is 2.20. The van der Waals surface area contributed by atoms with Crippen LogP contribution in [0.4, 0.5) is 5.82 Å². The van der Waals surface area contributed by atoms with Crippen LogP contribution in [-0.4, -0.2) is 47.2 Å². The molecule has 1 atom stereocenters. The first-order valence-corrected chi connectivity index (χ1v) is 12.4. The number of thioether (sulfide) groups is 1. The number of nitrogens with zero attached hydrogens (tertiary/aromatic N) is 2. The standard InChI is InChI=1S/C25H28N6O2S/c1-34-20-9-7-16(8-10-20)13-29-24(32)18-5-2-4-17(12-18)21-15-28-23(26)22(31-21)25(33)30-19-6-3-11-27-14-19/h2,4-5,7-10,12,15,19,27H,3,6,11,13-14H2,1H3,(H2,26,28)(H,29,32)(H,30,33)/t19-/m0/s1. The summed E-state index contributed by atoms with van der Waals surface area (Å²) in [7, 11) is 0. The number of nitrogen functional groups attached to an aromatic ring is 1. The van der Waals surface area contributed by atoms with Gasteiger partial charge < -0.3 is 21.7 Å². The summed E-state index contributed by atoms with van der Waals surface area (Å²) in [6.45, 7) is 2.11. The Hall–Kier alpha value is -3.43. The van der Waals surface area contributed by atoms with E-state index in [1.54, 1.807) is 30.0 Å².